The lowest BCUT2D eigenvalue weighted by atomic mass is 10.4. The van der Waals surface area contributed by atoms with Gasteiger partial charge < -0.3 is 10.8 Å². The van der Waals surface area contributed by atoms with Gasteiger partial charge in [-0.1, -0.05) is 11.3 Å². The Morgan fingerprint density at radius 2 is 2.33 bits per heavy atom. The number of hydrogen-bond acceptors (Lipinski definition) is 6. The molecule has 0 saturated heterocycles. The van der Waals surface area contributed by atoms with Gasteiger partial charge in [-0.25, -0.2) is 9.48 Å². The fourth-order valence-electron chi connectivity index (χ4n) is 1.03. The highest BCUT2D eigenvalue weighted by Crippen LogP contribution is 2.16. The Labute approximate surface area is 88.2 Å². The van der Waals surface area contributed by atoms with Crippen LogP contribution in [0.1, 0.15) is 15.5 Å². The first-order valence-electron chi connectivity index (χ1n) is 3.97. The van der Waals surface area contributed by atoms with Crippen LogP contribution in [-0.2, 0) is 0 Å². The monoisotopic (exact) mass is 225 g/mol. The molecule has 0 bridgehead atoms. The van der Waals surface area contributed by atoms with Crippen LogP contribution >= 0.6 is 11.3 Å². The van der Waals surface area contributed by atoms with E-state index in [1.165, 1.54) is 22.2 Å². The highest BCUT2D eigenvalue weighted by molar-refractivity contribution is 7.13. The molecule has 0 amide bonds. The Bertz CT molecular complexity index is 517. The van der Waals surface area contributed by atoms with E-state index in [1.54, 1.807) is 6.92 Å². The van der Waals surface area contributed by atoms with Crippen LogP contribution in [0.3, 0.4) is 0 Å². The zero-order chi connectivity index (χ0) is 11.0. The summed E-state index contributed by atoms with van der Waals surface area (Å²) in [6, 6.07) is 0. The van der Waals surface area contributed by atoms with Crippen molar-refractivity contribution in [2.45, 2.75) is 6.92 Å². The quantitative estimate of drug-likeness (QED) is 0.761. The third kappa shape index (κ3) is 1.66. The maximum Gasteiger partial charge on any atom is 0.358 e. The number of aryl methyl sites for hydroxylation is 1. The average Bonchev–Trinajstić information content (AvgIpc) is 2.71. The van der Waals surface area contributed by atoms with E-state index in [0.29, 0.717) is 5.13 Å². The van der Waals surface area contributed by atoms with E-state index < -0.39 is 5.97 Å². The summed E-state index contributed by atoms with van der Waals surface area (Å²) in [6.07, 6.45) is 1.41. The molecule has 15 heavy (non-hydrogen) atoms. The van der Waals surface area contributed by atoms with Gasteiger partial charge in [0.1, 0.15) is 5.01 Å². The van der Waals surface area contributed by atoms with Crippen LogP contribution in [0.25, 0.3) is 5.13 Å². The van der Waals surface area contributed by atoms with E-state index in [2.05, 4.69) is 15.3 Å². The topological polar surface area (TPSA) is 107 Å². The van der Waals surface area contributed by atoms with Crippen molar-refractivity contribution in [2.24, 2.45) is 0 Å². The van der Waals surface area contributed by atoms with Gasteiger partial charge in [-0.15, -0.1) is 10.2 Å². The number of anilines is 1. The van der Waals surface area contributed by atoms with Gasteiger partial charge in [0.05, 0.1) is 11.9 Å². The zero-order valence-electron chi connectivity index (χ0n) is 7.71. The van der Waals surface area contributed by atoms with Crippen molar-refractivity contribution < 1.29 is 9.90 Å². The van der Waals surface area contributed by atoms with Crippen LogP contribution in [0.15, 0.2) is 6.20 Å². The van der Waals surface area contributed by atoms with Crippen molar-refractivity contribution >= 4 is 23.0 Å². The third-order valence-electron chi connectivity index (χ3n) is 1.66. The molecule has 0 aliphatic carbocycles. The smallest absolute Gasteiger partial charge is 0.358 e. The SMILES string of the molecule is Cc1nnc(-n2cc(N)c(C(=O)O)n2)s1. The molecule has 0 radical (unpaired) electrons. The van der Waals surface area contributed by atoms with Gasteiger partial charge in [-0.05, 0) is 6.92 Å². The summed E-state index contributed by atoms with van der Waals surface area (Å²) in [5.41, 5.74) is 5.41. The van der Waals surface area contributed by atoms with E-state index >= 15 is 0 Å². The zero-order valence-corrected chi connectivity index (χ0v) is 8.52. The second kappa shape index (κ2) is 3.31. The van der Waals surface area contributed by atoms with Crippen LogP contribution in [0.5, 0.6) is 0 Å². The normalized spacial score (nSPS) is 10.5. The van der Waals surface area contributed by atoms with E-state index in [1.807, 2.05) is 0 Å². The van der Waals surface area contributed by atoms with Crippen LogP contribution in [0.2, 0.25) is 0 Å². The number of nitrogens with zero attached hydrogens (tertiary/aromatic N) is 4. The summed E-state index contributed by atoms with van der Waals surface area (Å²) >= 11 is 1.30. The molecule has 2 aromatic heterocycles. The molecule has 3 N–H and O–H groups in total. The molecule has 8 heteroatoms. The molecule has 0 spiro atoms. The molecular formula is C7H7N5O2S. The first-order chi connectivity index (χ1) is 7.08. The van der Waals surface area contributed by atoms with Crippen molar-refractivity contribution in [1.29, 1.82) is 0 Å². The van der Waals surface area contributed by atoms with E-state index in [9.17, 15) is 4.79 Å². The van der Waals surface area contributed by atoms with Gasteiger partial charge in [0.15, 0.2) is 5.69 Å². The Morgan fingerprint density at radius 3 is 2.80 bits per heavy atom. The number of aromatic nitrogens is 4. The number of hydrogen-bond donors (Lipinski definition) is 2. The number of nitrogen functional groups attached to an aromatic ring is 1. The van der Waals surface area contributed by atoms with Gasteiger partial charge in [-0.2, -0.15) is 5.10 Å². The maximum absolute atomic E-state index is 10.7. The highest BCUT2D eigenvalue weighted by atomic mass is 32.1. The largest absolute Gasteiger partial charge is 0.476 e. The summed E-state index contributed by atoms with van der Waals surface area (Å²) in [5, 5.41) is 21.4. The molecule has 2 rings (SSSR count). The minimum absolute atomic E-state index is 0.107. The number of carbonyl (C=O) groups is 1. The fraction of sp³-hybridized carbons (Fsp3) is 0.143. The van der Waals surface area contributed by atoms with Gasteiger partial charge in [0.2, 0.25) is 5.13 Å². The second-order valence-corrected chi connectivity index (χ2v) is 3.95. The van der Waals surface area contributed by atoms with Crippen LogP contribution in [0, 0.1) is 6.92 Å². The molecule has 0 aliphatic heterocycles. The number of aromatic carboxylic acids is 1. The van der Waals surface area contributed by atoms with Crippen LogP contribution in [-0.4, -0.2) is 31.1 Å². The summed E-state index contributed by atoms with van der Waals surface area (Å²) in [6.45, 7) is 1.80. The van der Waals surface area contributed by atoms with Crippen LogP contribution in [0.4, 0.5) is 5.69 Å². The van der Waals surface area contributed by atoms with Crippen LogP contribution < -0.4 is 5.73 Å². The average molecular weight is 225 g/mol. The summed E-state index contributed by atoms with van der Waals surface area (Å²) in [5.74, 6) is -1.16. The number of carboxylic acid groups (broad SMARTS) is 1. The second-order valence-electron chi connectivity index (χ2n) is 2.79. The lowest BCUT2D eigenvalue weighted by Crippen LogP contribution is -2.02. The number of nitrogens with two attached hydrogens (primary N) is 1. The molecule has 0 unspecified atom stereocenters. The fourth-order valence-corrected chi connectivity index (χ4v) is 1.64. The van der Waals surface area contributed by atoms with Crippen molar-refractivity contribution in [2.75, 3.05) is 5.73 Å². The number of carboxylic acids is 1. The van der Waals surface area contributed by atoms with Gasteiger partial charge in [0.25, 0.3) is 0 Å². The number of rotatable bonds is 2. The van der Waals surface area contributed by atoms with Gasteiger partial charge in [-0.3, -0.25) is 0 Å². The van der Waals surface area contributed by atoms with Crippen molar-refractivity contribution in [3.63, 3.8) is 0 Å². The van der Waals surface area contributed by atoms with E-state index in [4.69, 9.17) is 10.8 Å². The van der Waals surface area contributed by atoms with Gasteiger partial charge >= 0.3 is 5.97 Å². The molecular weight excluding hydrogens is 218 g/mol. The first-order valence-corrected chi connectivity index (χ1v) is 4.78. The lowest BCUT2D eigenvalue weighted by Gasteiger charge is -1.89. The van der Waals surface area contributed by atoms with Crippen molar-refractivity contribution in [1.82, 2.24) is 20.0 Å². The Kier molecular flexibility index (Phi) is 2.12. The molecule has 2 aromatic rings. The van der Waals surface area contributed by atoms with E-state index in [0.717, 1.165) is 5.01 Å². The van der Waals surface area contributed by atoms with E-state index in [-0.39, 0.29) is 11.4 Å². The minimum atomic E-state index is -1.16. The minimum Gasteiger partial charge on any atom is -0.476 e. The molecule has 0 aromatic carbocycles. The molecule has 7 nitrogen and oxygen atoms in total. The summed E-state index contributed by atoms with van der Waals surface area (Å²) in [7, 11) is 0. The van der Waals surface area contributed by atoms with Gasteiger partial charge in [0, 0.05) is 0 Å². The standard InChI is InChI=1S/C7H7N5O2S/c1-3-9-10-7(15-3)12-2-4(8)5(11-12)6(13)14/h2H,8H2,1H3,(H,13,14). The molecule has 78 valence electrons. The predicted molar refractivity (Wildman–Crippen MR) is 53.1 cm³/mol. The van der Waals surface area contributed by atoms with Crippen molar-refractivity contribution in [3.8, 4) is 5.13 Å². The molecule has 0 aliphatic rings. The predicted octanol–water partition coefficient (Wildman–Crippen LogP) is 0.313. The summed E-state index contributed by atoms with van der Waals surface area (Å²) in [4.78, 5) is 10.7. The Hall–Kier alpha value is -1.96. The third-order valence-corrected chi connectivity index (χ3v) is 2.48. The maximum atomic E-state index is 10.7. The Balaban J connectivity index is 2.46. The summed E-state index contributed by atoms with van der Waals surface area (Å²) < 4.78 is 1.31. The Morgan fingerprint density at radius 1 is 1.60 bits per heavy atom. The first kappa shape index (κ1) is 9.59. The molecule has 2 heterocycles. The molecule has 0 atom stereocenters. The highest BCUT2D eigenvalue weighted by Gasteiger charge is 2.15. The lowest BCUT2D eigenvalue weighted by molar-refractivity contribution is 0.0691. The molecule has 0 saturated carbocycles. The molecule has 0 fully saturated rings. The van der Waals surface area contributed by atoms with Crippen molar-refractivity contribution in [3.05, 3.63) is 16.9 Å².